The zero-order chi connectivity index (χ0) is 22.2. The van der Waals surface area contributed by atoms with Crippen LogP contribution in [0.15, 0.2) is 48.5 Å². The number of benzene rings is 2. The molecule has 3 rings (SSSR count). The predicted octanol–water partition coefficient (Wildman–Crippen LogP) is 6.02. The fourth-order valence-corrected chi connectivity index (χ4v) is 4.40. The molecule has 1 atom stereocenters. The van der Waals surface area contributed by atoms with E-state index in [0.29, 0.717) is 10.9 Å². The first-order chi connectivity index (χ1) is 14.9. The highest BCUT2D eigenvalue weighted by Gasteiger charge is 2.21. The Morgan fingerprint density at radius 1 is 1.13 bits per heavy atom. The van der Waals surface area contributed by atoms with Gasteiger partial charge in [-0.15, -0.1) is 0 Å². The molecule has 2 N–H and O–H groups in total. The van der Waals surface area contributed by atoms with E-state index in [-0.39, 0.29) is 11.8 Å². The van der Waals surface area contributed by atoms with E-state index >= 15 is 0 Å². The first-order valence-electron chi connectivity index (χ1n) is 11.5. The monoisotopic (exact) mass is 442 g/mol. The van der Waals surface area contributed by atoms with Gasteiger partial charge in [-0.1, -0.05) is 49.7 Å². The van der Waals surface area contributed by atoms with E-state index in [1.165, 1.54) is 5.56 Å². The van der Waals surface area contributed by atoms with Crippen LogP contribution >= 0.6 is 11.6 Å². The van der Waals surface area contributed by atoms with Gasteiger partial charge < -0.3 is 15.3 Å². The van der Waals surface area contributed by atoms with Crippen LogP contribution in [0.4, 0.5) is 5.69 Å². The maximum Gasteiger partial charge on any atom is 0.226 e. The number of hydrogen-bond donors (Lipinski definition) is 2. The largest absolute Gasteiger partial charge is 0.388 e. The van der Waals surface area contributed by atoms with E-state index in [2.05, 4.69) is 22.3 Å². The summed E-state index contributed by atoms with van der Waals surface area (Å²) in [6.45, 7) is 7.10. The van der Waals surface area contributed by atoms with Gasteiger partial charge in [0.25, 0.3) is 0 Å². The van der Waals surface area contributed by atoms with Gasteiger partial charge in [0.1, 0.15) is 0 Å². The molecular weight excluding hydrogens is 408 g/mol. The molecule has 2 aromatic rings. The number of unbranched alkanes of at least 4 members (excludes halogenated alkanes) is 1. The lowest BCUT2D eigenvalue weighted by molar-refractivity contribution is -0.118. The van der Waals surface area contributed by atoms with Gasteiger partial charge in [0, 0.05) is 16.6 Å². The molecule has 0 bridgehead atoms. The molecule has 4 nitrogen and oxygen atoms in total. The van der Waals surface area contributed by atoms with Crippen LogP contribution in [0.3, 0.4) is 0 Å². The number of rotatable bonds is 9. The molecule has 1 aliphatic heterocycles. The van der Waals surface area contributed by atoms with E-state index in [1.807, 2.05) is 50.2 Å². The molecule has 1 amide bonds. The molecule has 2 aromatic carbocycles. The third-order valence-electron chi connectivity index (χ3n) is 6.17. The second-order valence-corrected chi connectivity index (χ2v) is 9.39. The number of piperidine rings is 1. The SMILES string of the molecule is CC(C)C(=O)Nc1cccc(C2CCN(CCCCC(O)c3cccc(Cl)c3)CC2)c1. The quantitative estimate of drug-likeness (QED) is 0.467. The maximum atomic E-state index is 12.0. The Bertz CT molecular complexity index is 847. The van der Waals surface area contributed by atoms with Gasteiger partial charge >= 0.3 is 0 Å². The van der Waals surface area contributed by atoms with Crippen LogP contribution in [0.1, 0.15) is 69.1 Å². The van der Waals surface area contributed by atoms with E-state index in [0.717, 1.165) is 63.0 Å². The summed E-state index contributed by atoms with van der Waals surface area (Å²) in [6.07, 6.45) is 4.72. The van der Waals surface area contributed by atoms with E-state index in [4.69, 9.17) is 11.6 Å². The van der Waals surface area contributed by atoms with Crippen molar-refractivity contribution in [1.82, 2.24) is 4.90 Å². The molecule has 0 spiro atoms. The van der Waals surface area contributed by atoms with Crippen molar-refractivity contribution < 1.29 is 9.90 Å². The Hall–Kier alpha value is -1.88. The number of halogens is 1. The van der Waals surface area contributed by atoms with E-state index in [9.17, 15) is 9.90 Å². The standard InChI is InChI=1S/C26H35ClN2O2/c1-19(2)26(31)28-24-10-6-7-21(18-24)20-12-15-29(16-13-20)14-4-3-11-25(30)22-8-5-9-23(27)17-22/h5-10,17-20,25,30H,3-4,11-16H2,1-2H3,(H,28,31). The second-order valence-electron chi connectivity index (χ2n) is 8.95. The van der Waals surface area contributed by atoms with Crippen molar-refractivity contribution in [2.45, 2.75) is 58.0 Å². The van der Waals surface area contributed by atoms with Crippen LogP contribution in [-0.2, 0) is 4.79 Å². The van der Waals surface area contributed by atoms with Crippen LogP contribution in [0.2, 0.25) is 5.02 Å². The molecule has 0 radical (unpaired) electrons. The first kappa shape index (κ1) is 23.8. The Morgan fingerprint density at radius 2 is 1.87 bits per heavy atom. The molecular formula is C26H35ClN2O2. The molecule has 1 fully saturated rings. The van der Waals surface area contributed by atoms with Crippen LogP contribution in [0, 0.1) is 5.92 Å². The average molecular weight is 443 g/mol. The number of nitrogens with one attached hydrogen (secondary N) is 1. The summed E-state index contributed by atoms with van der Waals surface area (Å²) in [5, 5.41) is 14.0. The Balaban J connectivity index is 1.38. The van der Waals surface area contributed by atoms with E-state index in [1.54, 1.807) is 0 Å². The van der Waals surface area contributed by atoms with Crippen molar-refractivity contribution >= 4 is 23.2 Å². The number of nitrogens with zero attached hydrogens (tertiary/aromatic N) is 1. The smallest absolute Gasteiger partial charge is 0.226 e. The lowest BCUT2D eigenvalue weighted by Gasteiger charge is -2.32. The number of aliphatic hydroxyl groups is 1. The summed E-state index contributed by atoms with van der Waals surface area (Å²) in [6, 6.07) is 15.8. The number of carbonyl (C=O) groups is 1. The van der Waals surface area contributed by atoms with Gasteiger partial charge in [-0.3, -0.25) is 4.79 Å². The Morgan fingerprint density at radius 3 is 2.58 bits per heavy atom. The number of amides is 1. The second kappa shape index (κ2) is 11.7. The van der Waals surface area contributed by atoms with Crippen molar-refractivity contribution in [3.8, 4) is 0 Å². The molecule has 1 saturated heterocycles. The zero-order valence-corrected chi connectivity index (χ0v) is 19.4. The van der Waals surface area contributed by atoms with Crippen molar-refractivity contribution in [3.05, 3.63) is 64.7 Å². The fourth-order valence-electron chi connectivity index (χ4n) is 4.20. The molecule has 1 aliphatic rings. The topological polar surface area (TPSA) is 52.6 Å². The van der Waals surface area contributed by atoms with Crippen molar-refractivity contribution in [3.63, 3.8) is 0 Å². The summed E-state index contributed by atoms with van der Waals surface area (Å²) in [5.41, 5.74) is 3.13. The van der Waals surface area contributed by atoms with Gasteiger partial charge in [0.05, 0.1) is 6.10 Å². The molecule has 0 aromatic heterocycles. The minimum Gasteiger partial charge on any atom is -0.388 e. The number of anilines is 1. The normalized spacial score (nSPS) is 16.4. The summed E-state index contributed by atoms with van der Waals surface area (Å²) in [4.78, 5) is 14.5. The van der Waals surface area contributed by atoms with Gasteiger partial charge in [-0.05, 0) is 93.0 Å². The average Bonchev–Trinajstić information content (AvgIpc) is 2.77. The molecule has 1 unspecified atom stereocenters. The zero-order valence-electron chi connectivity index (χ0n) is 18.7. The van der Waals surface area contributed by atoms with E-state index < -0.39 is 6.10 Å². The minimum atomic E-state index is -0.437. The number of likely N-dealkylation sites (tertiary alicyclic amines) is 1. The number of aliphatic hydroxyl groups excluding tert-OH is 1. The van der Waals surface area contributed by atoms with Gasteiger partial charge in [0.2, 0.25) is 5.91 Å². The lowest BCUT2D eigenvalue weighted by Crippen LogP contribution is -2.33. The highest BCUT2D eigenvalue weighted by molar-refractivity contribution is 6.30. The first-order valence-corrected chi connectivity index (χ1v) is 11.9. The molecule has 31 heavy (non-hydrogen) atoms. The third-order valence-corrected chi connectivity index (χ3v) is 6.41. The van der Waals surface area contributed by atoms with Crippen LogP contribution in [0.25, 0.3) is 0 Å². The number of carbonyl (C=O) groups excluding carboxylic acids is 1. The summed E-state index contributed by atoms with van der Waals surface area (Å²) >= 11 is 6.01. The minimum absolute atomic E-state index is 0.0153. The van der Waals surface area contributed by atoms with Crippen LogP contribution in [-0.4, -0.2) is 35.5 Å². The van der Waals surface area contributed by atoms with Crippen molar-refractivity contribution in [1.29, 1.82) is 0 Å². The summed E-state index contributed by atoms with van der Waals surface area (Å²) in [7, 11) is 0. The molecule has 0 saturated carbocycles. The Labute approximate surface area is 191 Å². The molecule has 5 heteroatoms. The summed E-state index contributed by atoms with van der Waals surface area (Å²) in [5.74, 6) is 0.600. The van der Waals surface area contributed by atoms with Gasteiger partial charge in [0.15, 0.2) is 0 Å². The highest BCUT2D eigenvalue weighted by Crippen LogP contribution is 2.30. The lowest BCUT2D eigenvalue weighted by atomic mass is 9.89. The maximum absolute atomic E-state index is 12.0. The summed E-state index contributed by atoms with van der Waals surface area (Å²) < 4.78 is 0. The molecule has 0 aliphatic carbocycles. The number of hydrogen-bond acceptors (Lipinski definition) is 3. The molecule has 168 valence electrons. The van der Waals surface area contributed by atoms with Crippen molar-refractivity contribution in [2.75, 3.05) is 25.0 Å². The third kappa shape index (κ3) is 7.34. The van der Waals surface area contributed by atoms with Crippen molar-refractivity contribution in [2.24, 2.45) is 5.92 Å². The predicted molar refractivity (Wildman–Crippen MR) is 129 cm³/mol. The highest BCUT2D eigenvalue weighted by atomic mass is 35.5. The van der Waals surface area contributed by atoms with Crippen LogP contribution < -0.4 is 5.32 Å². The fraction of sp³-hybridized carbons (Fsp3) is 0.500. The molecule has 1 heterocycles. The Kier molecular flexibility index (Phi) is 8.94. The van der Waals surface area contributed by atoms with Gasteiger partial charge in [-0.25, -0.2) is 0 Å². The van der Waals surface area contributed by atoms with Gasteiger partial charge in [-0.2, -0.15) is 0 Å². The van der Waals surface area contributed by atoms with Crippen LogP contribution in [0.5, 0.6) is 0 Å².